The molecule has 3 spiro atoms. The lowest BCUT2D eigenvalue weighted by molar-refractivity contribution is -0.158. The number of benzene rings is 1. The molecule has 0 aromatic heterocycles. The van der Waals surface area contributed by atoms with Gasteiger partial charge >= 0.3 is 6.09 Å². The van der Waals surface area contributed by atoms with Crippen molar-refractivity contribution in [2.75, 3.05) is 25.9 Å². The quantitative estimate of drug-likeness (QED) is 0.315. The molecule has 3 aliphatic carbocycles. The minimum Gasteiger partial charge on any atom is -0.443 e. The average molecular weight is 745 g/mol. The van der Waals surface area contributed by atoms with Crippen molar-refractivity contribution in [1.29, 1.82) is 0 Å². The first-order valence-corrected chi connectivity index (χ1v) is 19.7. The Morgan fingerprint density at radius 3 is 1.96 bits per heavy atom. The van der Waals surface area contributed by atoms with E-state index in [1.165, 1.54) is 11.8 Å². The zero-order chi connectivity index (χ0) is 37.4. The number of imide groups is 2. The van der Waals surface area contributed by atoms with Crippen LogP contribution in [0.2, 0.25) is 0 Å². The van der Waals surface area contributed by atoms with Crippen LogP contribution >= 0.6 is 0 Å². The first-order valence-electron chi connectivity index (χ1n) is 17.9. The van der Waals surface area contributed by atoms with E-state index in [1.807, 2.05) is 30.3 Å². The summed E-state index contributed by atoms with van der Waals surface area (Å²) in [6.45, 7) is 8.86. The number of carbonyl (C=O) groups excluding carboxylic acids is 6. The minimum atomic E-state index is -3.63. The molecule has 288 valence electrons. The number of ketones is 1. The maximum atomic E-state index is 12.5. The van der Waals surface area contributed by atoms with Crippen molar-refractivity contribution in [2.45, 2.75) is 111 Å². The Kier molecular flexibility index (Phi) is 12.2. The Morgan fingerprint density at radius 2 is 1.48 bits per heavy atom. The lowest BCUT2D eigenvalue weighted by Crippen LogP contribution is -2.51. The van der Waals surface area contributed by atoms with Crippen LogP contribution < -0.4 is 10.6 Å². The number of nitrogens with one attached hydrogen (secondary N) is 2. The van der Waals surface area contributed by atoms with E-state index in [0.29, 0.717) is 19.3 Å². The Bertz CT molecular complexity index is 1640. The Labute approximate surface area is 308 Å². The van der Waals surface area contributed by atoms with E-state index >= 15 is 0 Å². The normalized spacial score (nSPS) is 24.7. The van der Waals surface area contributed by atoms with E-state index in [4.69, 9.17) is 4.74 Å². The van der Waals surface area contributed by atoms with Crippen molar-refractivity contribution in [1.82, 2.24) is 19.8 Å². The maximum absolute atomic E-state index is 12.5. The second kappa shape index (κ2) is 15.4. The van der Waals surface area contributed by atoms with E-state index in [2.05, 4.69) is 10.6 Å². The molecule has 6 fully saturated rings. The summed E-state index contributed by atoms with van der Waals surface area (Å²) in [7, 11) is -3.63. The van der Waals surface area contributed by atoms with Crippen molar-refractivity contribution in [2.24, 2.45) is 28.1 Å². The van der Waals surface area contributed by atoms with Crippen LogP contribution in [0, 0.1) is 28.1 Å². The van der Waals surface area contributed by atoms with Gasteiger partial charge in [0.15, 0.2) is 0 Å². The summed E-state index contributed by atoms with van der Waals surface area (Å²) in [4.78, 5) is 71.6. The van der Waals surface area contributed by atoms with Crippen LogP contribution in [0.1, 0.15) is 105 Å². The van der Waals surface area contributed by atoms with Crippen LogP contribution in [0.25, 0.3) is 0 Å². The summed E-state index contributed by atoms with van der Waals surface area (Å²) in [6, 6.07) is 9.40. The summed E-state index contributed by atoms with van der Waals surface area (Å²) in [5.41, 5.74) is 0.188. The summed E-state index contributed by atoms with van der Waals surface area (Å²) in [5, 5.41) is 5.60. The smallest absolute Gasteiger partial charge is 0.424 e. The van der Waals surface area contributed by atoms with Gasteiger partial charge in [0.1, 0.15) is 17.3 Å². The van der Waals surface area contributed by atoms with Gasteiger partial charge in [0.05, 0.1) is 12.8 Å². The predicted molar refractivity (Wildman–Crippen MR) is 194 cm³/mol. The van der Waals surface area contributed by atoms with Crippen molar-refractivity contribution in [3.05, 3.63) is 35.9 Å². The molecule has 3 heterocycles. The van der Waals surface area contributed by atoms with Gasteiger partial charge < -0.3 is 10.1 Å². The Hall–Kier alpha value is -3.65. The van der Waals surface area contributed by atoms with Gasteiger partial charge in [-0.25, -0.2) is 17.5 Å². The van der Waals surface area contributed by atoms with Crippen LogP contribution in [0.3, 0.4) is 0 Å². The molecule has 2 unspecified atom stereocenters. The highest BCUT2D eigenvalue weighted by molar-refractivity contribution is 7.88. The fourth-order valence-corrected chi connectivity index (χ4v) is 8.45. The van der Waals surface area contributed by atoms with Gasteiger partial charge in [-0.05, 0) is 107 Å². The molecule has 1 aromatic rings. The number of carbonyl (C=O) groups is 6. The molecule has 1 aromatic carbocycles. The van der Waals surface area contributed by atoms with Crippen molar-refractivity contribution < 1.29 is 41.9 Å². The van der Waals surface area contributed by atoms with Crippen LogP contribution in [-0.4, -0.2) is 84.6 Å². The van der Waals surface area contributed by atoms with Crippen LogP contribution in [-0.2, 0) is 45.3 Å². The highest BCUT2D eigenvalue weighted by Gasteiger charge is 2.60. The molecule has 0 bridgehead atoms. The zero-order valence-corrected chi connectivity index (χ0v) is 31.2. The third-order valence-corrected chi connectivity index (χ3v) is 12.2. The third-order valence-electron chi connectivity index (χ3n) is 11.1. The second-order valence-electron chi connectivity index (χ2n) is 16.5. The average Bonchev–Trinajstić information content (AvgIpc) is 3.95. The molecule has 2 atom stereocenters. The molecule has 14 heteroatoms. The van der Waals surface area contributed by atoms with Gasteiger partial charge in [-0.2, -0.15) is 0 Å². The lowest BCUT2D eigenvalue weighted by atomic mass is 9.79. The Balaban J connectivity index is 0.000000182. The number of hydrogen-bond acceptors (Lipinski definition) is 10. The van der Waals surface area contributed by atoms with Crippen LogP contribution in [0.15, 0.2) is 30.3 Å². The molecule has 52 heavy (non-hydrogen) atoms. The molecule has 3 saturated heterocycles. The van der Waals surface area contributed by atoms with Crippen LogP contribution in [0.4, 0.5) is 4.79 Å². The molecular formula is C38H56N4O9S. The molecule has 5 amide bonds. The topological polar surface area (TPSA) is 176 Å². The monoisotopic (exact) mass is 744 g/mol. The molecule has 6 aliphatic rings. The number of Topliss-reactive ketones (excluding diaryl/α,β-unsaturated/α-hetero) is 1. The highest BCUT2D eigenvalue weighted by Crippen LogP contribution is 2.58. The van der Waals surface area contributed by atoms with Gasteiger partial charge in [0, 0.05) is 32.4 Å². The van der Waals surface area contributed by atoms with Crippen molar-refractivity contribution >= 4 is 45.5 Å². The van der Waals surface area contributed by atoms with Gasteiger partial charge in [0.2, 0.25) is 33.7 Å². The van der Waals surface area contributed by atoms with E-state index in [-0.39, 0.29) is 72.1 Å². The van der Waals surface area contributed by atoms with Gasteiger partial charge in [-0.1, -0.05) is 37.8 Å². The predicted octanol–water partition coefficient (Wildman–Crippen LogP) is 4.34. The number of hydrogen-bond donors (Lipinski definition) is 2. The van der Waals surface area contributed by atoms with Crippen LogP contribution in [0.5, 0.6) is 0 Å². The van der Waals surface area contributed by atoms with Gasteiger partial charge in [-0.15, -0.1) is 0 Å². The standard InChI is InChI=1S/C16H17NO3.C14H26N2O4S.C7H9NO2.CH4/c1-11(18)14-15(20)17(10-12-5-3-2-4-6-12)13(19)9-16(14)7-8-16;1-13(2,3)20-12(17)16(21(4,18)19)10-11-9-15-8-7-14(11)5-6-14;9-5-3-7(1-2-7)4-6(10)8-5;/h2-6,14H,7-10H2,1H3;11,15H,5-10H2,1-4H3;1-4H2,(H,8,9,10);1H4. The Morgan fingerprint density at radius 1 is 0.904 bits per heavy atom. The lowest BCUT2D eigenvalue weighted by Gasteiger charge is -2.36. The van der Waals surface area contributed by atoms with Crippen molar-refractivity contribution in [3.63, 3.8) is 0 Å². The highest BCUT2D eigenvalue weighted by atomic mass is 32.2. The SMILES string of the molecule is C.CC(=O)C1C(=O)N(Cc2ccccc2)C(=O)CC12CC2.CC(C)(C)OC(=O)N(CC1CNCCC12CC2)S(C)(=O)=O.O=C1CC2(CC2)CC(=O)N1. The molecule has 3 aliphatic heterocycles. The first-order chi connectivity index (χ1) is 23.8. The van der Waals surface area contributed by atoms with E-state index < -0.39 is 27.6 Å². The number of piperidine rings is 3. The fourth-order valence-electron chi connectivity index (χ4n) is 7.69. The zero-order valence-electron chi connectivity index (χ0n) is 30.4. The summed E-state index contributed by atoms with van der Waals surface area (Å²) < 4.78 is 30.1. The van der Waals surface area contributed by atoms with E-state index in [1.54, 1.807) is 20.8 Å². The van der Waals surface area contributed by atoms with E-state index in [9.17, 15) is 37.2 Å². The number of nitrogens with zero attached hydrogens (tertiary/aromatic N) is 2. The fraction of sp³-hybridized carbons (Fsp3) is 0.684. The van der Waals surface area contributed by atoms with E-state index in [0.717, 1.165) is 74.2 Å². The van der Waals surface area contributed by atoms with Gasteiger partial charge in [-0.3, -0.25) is 34.2 Å². The number of likely N-dealkylation sites (tertiary alicyclic amines) is 1. The first kappa shape index (κ1) is 41.1. The second-order valence-corrected chi connectivity index (χ2v) is 18.4. The summed E-state index contributed by atoms with van der Waals surface area (Å²) in [6.07, 6.45) is 8.83. The molecule has 0 radical (unpaired) electrons. The maximum Gasteiger partial charge on any atom is 0.424 e. The summed E-state index contributed by atoms with van der Waals surface area (Å²) >= 11 is 0. The number of sulfonamides is 1. The molecule has 2 N–H and O–H groups in total. The van der Waals surface area contributed by atoms with Gasteiger partial charge in [0.25, 0.3) is 0 Å². The largest absolute Gasteiger partial charge is 0.443 e. The number of ether oxygens (including phenoxy) is 1. The summed E-state index contributed by atoms with van der Waals surface area (Å²) in [5.74, 6) is -1.19. The molecule has 7 rings (SSSR count). The number of amides is 5. The number of rotatable bonds is 6. The molecular weight excluding hydrogens is 689 g/mol. The molecule has 3 saturated carbocycles. The molecule has 13 nitrogen and oxygen atoms in total. The third kappa shape index (κ3) is 10.1. The van der Waals surface area contributed by atoms with Crippen molar-refractivity contribution in [3.8, 4) is 0 Å². The minimum absolute atomic E-state index is 0.